The highest BCUT2D eigenvalue weighted by Crippen LogP contribution is 2.19. The summed E-state index contributed by atoms with van der Waals surface area (Å²) >= 11 is 0. The SMILES string of the molecule is CC(C)c1noc(CCCNC(=O)N(C)[C@H](C)c2ccc(F)cc2)n1. The van der Waals surface area contributed by atoms with Gasteiger partial charge in [-0.05, 0) is 31.0 Å². The van der Waals surface area contributed by atoms with Gasteiger partial charge in [0.15, 0.2) is 5.82 Å². The molecule has 1 N–H and O–H groups in total. The van der Waals surface area contributed by atoms with Gasteiger partial charge in [0, 0.05) is 25.9 Å². The number of carbonyl (C=O) groups is 1. The van der Waals surface area contributed by atoms with Crippen molar-refractivity contribution in [2.45, 2.75) is 45.6 Å². The highest BCUT2D eigenvalue weighted by Gasteiger charge is 2.17. The maximum Gasteiger partial charge on any atom is 0.317 e. The molecular weight excluding hydrogens is 323 g/mol. The molecule has 7 heteroatoms. The van der Waals surface area contributed by atoms with E-state index in [0.717, 1.165) is 5.56 Å². The summed E-state index contributed by atoms with van der Waals surface area (Å²) in [6, 6.07) is 5.84. The Morgan fingerprint density at radius 2 is 1.96 bits per heavy atom. The van der Waals surface area contributed by atoms with Gasteiger partial charge in [0.05, 0.1) is 6.04 Å². The van der Waals surface area contributed by atoms with E-state index in [1.54, 1.807) is 24.1 Å². The van der Waals surface area contributed by atoms with Gasteiger partial charge < -0.3 is 14.7 Å². The molecule has 25 heavy (non-hydrogen) atoms. The second kappa shape index (κ2) is 8.60. The number of rotatable bonds is 7. The van der Waals surface area contributed by atoms with Gasteiger partial charge in [0.2, 0.25) is 5.89 Å². The lowest BCUT2D eigenvalue weighted by molar-refractivity contribution is 0.194. The second-order valence-corrected chi connectivity index (χ2v) is 6.37. The molecule has 0 fully saturated rings. The van der Waals surface area contributed by atoms with Crippen LogP contribution in [0.5, 0.6) is 0 Å². The van der Waals surface area contributed by atoms with Crippen LogP contribution in [0.4, 0.5) is 9.18 Å². The van der Waals surface area contributed by atoms with Crippen LogP contribution in [-0.2, 0) is 6.42 Å². The molecule has 0 saturated heterocycles. The Hall–Kier alpha value is -2.44. The number of aromatic nitrogens is 2. The summed E-state index contributed by atoms with van der Waals surface area (Å²) in [6.07, 6.45) is 1.33. The minimum atomic E-state index is -0.287. The highest BCUT2D eigenvalue weighted by molar-refractivity contribution is 5.74. The van der Waals surface area contributed by atoms with Crippen molar-refractivity contribution in [3.63, 3.8) is 0 Å². The molecule has 0 aliphatic rings. The number of aryl methyl sites for hydroxylation is 1. The van der Waals surface area contributed by atoms with E-state index in [1.165, 1.54) is 12.1 Å². The van der Waals surface area contributed by atoms with Crippen molar-refractivity contribution in [2.75, 3.05) is 13.6 Å². The van der Waals surface area contributed by atoms with Crippen LogP contribution in [0.3, 0.4) is 0 Å². The van der Waals surface area contributed by atoms with Gasteiger partial charge >= 0.3 is 6.03 Å². The number of urea groups is 1. The standard InChI is InChI=1S/C18H25FN4O2/c1-12(2)17-21-16(25-22-17)6-5-11-20-18(24)23(4)13(3)14-7-9-15(19)10-8-14/h7-10,12-13H,5-6,11H2,1-4H3,(H,20,24)/t13-/m1/s1. The van der Waals surface area contributed by atoms with Crippen molar-refractivity contribution in [1.29, 1.82) is 0 Å². The summed E-state index contributed by atoms with van der Waals surface area (Å²) in [7, 11) is 1.72. The highest BCUT2D eigenvalue weighted by atomic mass is 19.1. The zero-order valence-electron chi connectivity index (χ0n) is 15.1. The van der Waals surface area contributed by atoms with E-state index in [-0.39, 0.29) is 23.8 Å². The fourth-order valence-electron chi connectivity index (χ4n) is 2.30. The molecule has 1 aromatic heterocycles. The van der Waals surface area contributed by atoms with E-state index >= 15 is 0 Å². The van der Waals surface area contributed by atoms with E-state index in [4.69, 9.17) is 4.52 Å². The molecule has 0 spiro atoms. The molecule has 1 heterocycles. The summed E-state index contributed by atoms with van der Waals surface area (Å²) in [4.78, 5) is 18.1. The molecule has 0 saturated carbocycles. The van der Waals surface area contributed by atoms with E-state index in [2.05, 4.69) is 15.5 Å². The monoisotopic (exact) mass is 348 g/mol. The first-order valence-corrected chi connectivity index (χ1v) is 8.47. The normalized spacial score (nSPS) is 12.2. The zero-order chi connectivity index (χ0) is 18.4. The Balaban J connectivity index is 1.76. The fourth-order valence-corrected chi connectivity index (χ4v) is 2.30. The quantitative estimate of drug-likeness (QED) is 0.775. The van der Waals surface area contributed by atoms with Crippen molar-refractivity contribution in [3.05, 3.63) is 47.4 Å². The lowest BCUT2D eigenvalue weighted by Crippen LogP contribution is -2.39. The summed E-state index contributed by atoms with van der Waals surface area (Å²) in [6.45, 7) is 6.43. The lowest BCUT2D eigenvalue weighted by Gasteiger charge is -2.25. The van der Waals surface area contributed by atoms with Crippen LogP contribution in [0.1, 0.15) is 56.4 Å². The van der Waals surface area contributed by atoms with E-state index < -0.39 is 0 Å². The van der Waals surface area contributed by atoms with Crippen LogP contribution >= 0.6 is 0 Å². The zero-order valence-corrected chi connectivity index (χ0v) is 15.1. The molecule has 0 aliphatic heterocycles. The molecule has 6 nitrogen and oxygen atoms in total. The minimum absolute atomic E-state index is 0.148. The van der Waals surface area contributed by atoms with Gasteiger partial charge in [0.1, 0.15) is 5.82 Å². The number of halogens is 1. The Bertz CT molecular complexity index is 685. The van der Waals surface area contributed by atoms with Crippen LogP contribution in [-0.4, -0.2) is 34.7 Å². The first-order valence-electron chi connectivity index (χ1n) is 8.47. The van der Waals surface area contributed by atoms with E-state index in [9.17, 15) is 9.18 Å². The topological polar surface area (TPSA) is 71.3 Å². The largest absolute Gasteiger partial charge is 0.339 e. The third kappa shape index (κ3) is 5.27. The molecule has 1 aromatic carbocycles. The fraction of sp³-hybridized carbons (Fsp3) is 0.500. The van der Waals surface area contributed by atoms with Crippen LogP contribution in [0.25, 0.3) is 0 Å². The Kier molecular flexibility index (Phi) is 6.50. The number of hydrogen-bond donors (Lipinski definition) is 1. The summed E-state index contributed by atoms with van der Waals surface area (Å²) < 4.78 is 18.2. The number of amides is 2. The van der Waals surface area contributed by atoms with E-state index in [0.29, 0.717) is 31.1 Å². The molecule has 0 radical (unpaired) electrons. The first kappa shape index (κ1) is 18.9. The van der Waals surface area contributed by atoms with Gasteiger partial charge in [-0.25, -0.2) is 9.18 Å². The van der Waals surface area contributed by atoms with Crippen molar-refractivity contribution >= 4 is 6.03 Å². The van der Waals surface area contributed by atoms with Crippen molar-refractivity contribution in [3.8, 4) is 0 Å². The predicted octanol–water partition coefficient (Wildman–Crippen LogP) is 3.67. The third-order valence-corrected chi connectivity index (χ3v) is 4.10. The van der Waals surface area contributed by atoms with Gasteiger partial charge in [-0.1, -0.05) is 31.1 Å². The molecule has 2 amide bonds. The van der Waals surface area contributed by atoms with Crippen molar-refractivity contribution in [1.82, 2.24) is 20.4 Å². The van der Waals surface area contributed by atoms with Gasteiger partial charge in [-0.15, -0.1) is 0 Å². The van der Waals surface area contributed by atoms with Crippen molar-refractivity contribution in [2.24, 2.45) is 0 Å². The van der Waals surface area contributed by atoms with Crippen LogP contribution in [0.2, 0.25) is 0 Å². The summed E-state index contributed by atoms with van der Waals surface area (Å²) in [5, 5.41) is 6.78. The smallest absolute Gasteiger partial charge is 0.317 e. The van der Waals surface area contributed by atoms with Gasteiger partial charge in [-0.2, -0.15) is 4.98 Å². The number of nitrogens with zero attached hydrogens (tertiary/aromatic N) is 3. The van der Waals surface area contributed by atoms with Crippen molar-refractivity contribution < 1.29 is 13.7 Å². The van der Waals surface area contributed by atoms with Crippen LogP contribution < -0.4 is 5.32 Å². The Morgan fingerprint density at radius 1 is 1.28 bits per heavy atom. The average molecular weight is 348 g/mol. The minimum Gasteiger partial charge on any atom is -0.339 e. The maximum atomic E-state index is 13.0. The number of carbonyl (C=O) groups excluding carboxylic acids is 1. The van der Waals surface area contributed by atoms with Gasteiger partial charge in [0.25, 0.3) is 0 Å². The maximum absolute atomic E-state index is 13.0. The molecular formula is C18H25FN4O2. The molecule has 136 valence electrons. The number of hydrogen-bond acceptors (Lipinski definition) is 4. The lowest BCUT2D eigenvalue weighted by atomic mass is 10.1. The third-order valence-electron chi connectivity index (χ3n) is 4.10. The molecule has 2 rings (SSSR count). The molecule has 0 bridgehead atoms. The first-order chi connectivity index (χ1) is 11.9. The van der Waals surface area contributed by atoms with Crippen LogP contribution in [0, 0.1) is 5.82 Å². The number of nitrogens with one attached hydrogen (secondary N) is 1. The van der Waals surface area contributed by atoms with Gasteiger partial charge in [-0.3, -0.25) is 0 Å². The molecule has 1 atom stereocenters. The average Bonchev–Trinajstić information content (AvgIpc) is 3.07. The molecule has 2 aromatic rings. The second-order valence-electron chi connectivity index (χ2n) is 6.37. The molecule has 0 aliphatic carbocycles. The summed E-state index contributed by atoms with van der Waals surface area (Å²) in [5.74, 6) is 1.24. The van der Waals surface area contributed by atoms with E-state index in [1.807, 2.05) is 20.8 Å². The summed E-state index contributed by atoms with van der Waals surface area (Å²) in [5.41, 5.74) is 0.881. The molecule has 0 unspecified atom stereocenters. The number of benzene rings is 1. The Labute approximate surface area is 147 Å². The Morgan fingerprint density at radius 3 is 2.56 bits per heavy atom. The predicted molar refractivity (Wildman–Crippen MR) is 92.7 cm³/mol. The van der Waals surface area contributed by atoms with Crippen LogP contribution in [0.15, 0.2) is 28.8 Å².